The van der Waals surface area contributed by atoms with Crippen LogP contribution in [-0.2, 0) is 16.3 Å². The van der Waals surface area contributed by atoms with E-state index in [1.807, 2.05) is 6.07 Å². The molecular weight excluding hydrogens is 378 g/mol. The highest BCUT2D eigenvalue weighted by Gasteiger charge is 2.65. The Labute approximate surface area is 177 Å². The number of rotatable bonds is 3. The Morgan fingerprint density at radius 3 is 2.76 bits per heavy atom. The van der Waals surface area contributed by atoms with Crippen molar-refractivity contribution >= 4 is 8.32 Å². The quantitative estimate of drug-likeness (QED) is 0.537. The summed E-state index contributed by atoms with van der Waals surface area (Å²) in [5.41, 5.74) is 2.29. The summed E-state index contributed by atoms with van der Waals surface area (Å²) in [6, 6.07) is 2.84. The second-order valence-corrected chi connectivity index (χ2v) is 15.6. The van der Waals surface area contributed by atoms with Gasteiger partial charge in [-0.05, 0) is 56.2 Å². The van der Waals surface area contributed by atoms with E-state index in [1.165, 1.54) is 5.56 Å². The highest BCUT2D eigenvalue weighted by Crippen LogP contribution is 2.63. The first-order chi connectivity index (χ1) is 14.0. The Morgan fingerprint density at radius 2 is 2.07 bits per heavy atom. The number of methoxy groups -OCH3 is 1. The molecule has 4 aliphatic rings. The van der Waals surface area contributed by atoms with Crippen LogP contribution < -0.4 is 9.47 Å². The summed E-state index contributed by atoms with van der Waals surface area (Å²) >= 11 is 0. The second kappa shape index (κ2) is 6.11. The van der Waals surface area contributed by atoms with E-state index in [1.54, 1.807) is 7.11 Å². The van der Waals surface area contributed by atoms with Crippen LogP contribution >= 0.6 is 0 Å². The van der Waals surface area contributed by atoms with Crippen molar-refractivity contribution in [3.8, 4) is 11.5 Å². The van der Waals surface area contributed by atoms with Gasteiger partial charge in [-0.2, -0.15) is 0 Å². The Bertz CT molecular complexity index is 924. The molecule has 0 N–H and O–H groups in total. The number of nitrogens with zero attached hydrogens (tertiary/aromatic N) is 1. The fourth-order valence-corrected chi connectivity index (χ4v) is 7.12. The molecular formula is C24H35NO3Si. The van der Waals surface area contributed by atoms with E-state index in [-0.39, 0.29) is 22.7 Å². The van der Waals surface area contributed by atoms with E-state index < -0.39 is 8.32 Å². The average molecular weight is 415 g/mol. The molecule has 5 heteroatoms. The molecule has 0 saturated carbocycles. The lowest BCUT2D eigenvalue weighted by molar-refractivity contribution is -0.0415. The topological polar surface area (TPSA) is 30.9 Å². The van der Waals surface area contributed by atoms with E-state index in [0.717, 1.165) is 30.7 Å². The van der Waals surface area contributed by atoms with Gasteiger partial charge in [0.15, 0.2) is 19.8 Å². The van der Waals surface area contributed by atoms with Gasteiger partial charge in [-0.3, -0.25) is 0 Å². The molecule has 0 unspecified atom stereocenters. The van der Waals surface area contributed by atoms with Crippen molar-refractivity contribution in [3.05, 3.63) is 35.4 Å². The number of hydrogen-bond acceptors (Lipinski definition) is 4. The molecule has 2 aliphatic carbocycles. The van der Waals surface area contributed by atoms with E-state index in [9.17, 15) is 0 Å². The highest BCUT2D eigenvalue weighted by molar-refractivity contribution is 6.74. The first-order valence-electron chi connectivity index (χ1n) is 11.5. The monoisotopic (exact) mass is 414 g/mol. The van der Waals surface area contributed by atoms with Gasteiger partial charge in [0.1, 0.15) is 12.2 Å². The first kappa shape index (κ1) is 18.5. The van der Waals surface area contributed by atoms with Gasteiger partial charge < -0.3 is 18.8 Å². The fourth-order valence-electron chi connectivity index (χ4n) is 5.88. The van der Waals surface area contributed by atoms with Crippen molar-refractivity contribution in [1.29, 1.82) is 0 Å². The zero-order valence-electron chi connectivity index (χ0n) is 19.8. The summed E-state index contributed by atoms with van der Waals surface area (Å²) in [6.45, 7) is 12.5. The largest absolute Gasteiger partial charge is 0.493 e. The minimum absolute atomic E-state index is 0.0532. The lowest BCUT2D eigenvalue weighted by Crippen LogP contribution is -2.66. The van der Waals surface area contributed by atoms with Gasteiger partial charge in [-0.25, -0.2) is 0 Å². The Hall–Kier alpha value is -1.30. The Morgan fingerprint density at radius 1 is 1.31 bits per heavy atom. The third-order valence-electron chi connectivity index (χ3n) is 8.48. The fraction of sp³-hybridized carbons (Fsp3) is 0.667. The van der Waals surface area contributed by atoms with Crippen LogP contribution in [0.15, 0.2) is 24.3 Å². The van der Waals surface area contributed by atoms with Crippen molar-refractivity contribution in [2.24, 2.45) is 5.92 Å². The van der Waals surface area contributed by atoms with Crippen molar-refractivity contribution in [1.82, 2.24) is 4.90 Å². The van der Waals surface area contributed by atoms with E-state index in [4.69, 9.17) is 15.3 Å². The van der Waals surface area contributed by atoms with E-state index >= 15 is 0 Å². The SMILES string of the molecule is [2H]c1cc(OC)c2c3c1C[C@@H]1[C@@H]4C=C[C@H](O[Si](C)(C)C(C)(C)C)[C@H](O2)[C@]34CCN1C. The van der Waals surface area contributed by atoms with E-state index in [0.29, 0.717) is 23.8 Å². The van der Waals surface area contributed by atoms with Crippen molar-refractivity contribution in [2.45, 2.75) is 75.4 Å². The third-order valence-corrected chi connectivity index (χ3v) is 13.0. The first-order valence-corrected chi connectivity index (χ1v) is 13.9. The van der Waals surface area contributed by atoms with Crippen molar-refractivity contribution in [2.75, 3.05) is 20.7 Å². The predicted molar refractivity (Wildman–Crippen MR) is 119 cm³/mol. The second-order valence-electron chi connectivity index (χ2n) is 10.9. The van der Waals surface area contributed by atoms with Crippen LogP contribution in [0.5, 0.6) is 11.5 Å². The van der Waals surface area contributed by atoms with Gasteiger partial charge in [-0.15, -0.1) is 0 Å². The molecule has 1 fully saturated rings. The molecule has 29 heavy (non-hydrogen) atoms. The molecule has 0 aromatic heterocycles. The minimum atomic E-state index is -1.97. The van der Waals surface area contributed by atoms with Crippen LogP contribution in [0.1, 0.15) is 39.7 Å². The van der Waals surface area contributed by atoms with Crippen LogP contribution in [0.3, 0.4) is 0 Å². The summed E-state index contributed by atoms with van der Waals surface area (Å²) in [6.07, 6.45) is 6.52. The number of ether oxygens (including phenoxy) is 2. The molecule has 0 radical (unpaired) electrons. The van der Waals surface area contributed by atoms with Gasteiger partial charge in [0.25, 0.3) is 0 Å². The van der Waals surface area contributed by atoms with Crippen LogP contribution in [0.25, 0.3) is 0 Å². The predicted octanol–water partition coefficient (Wildman–Crippen LogP) is 4.53. The molecule has 4 nitrogen and oxygen atoms in total. The number of likely N-dealkylation sites (tertiary alicyclic amines) is 1. The molecule has 5 atom stereocenters. The molecule has 1 spiro atoms. The number of benzene rings is 1. The minimum Gasteiger partial charge on any atom is -0.493 e. The smallest absolute Gasteiger partial charge is 0.193 e. The van der Waals surface area contributed by atoms with Gasteiger partial charge in [-0.1, -0.05) is 39.0 Å². The lowest BCUT2D eigenvalue weighted by atomic mass is 9.53. The van der Waals surface area contributed by atoms with Crippen LogP contribution in [0, 0.1) is 5.92 Å². The van der Waals surface area contributed by atoms with Crippen molar-refractivity contribution < 1.29 is 15.3 Å². The summed E-state index contributed by atoms with van der Waals surface area (Å²) in [5, 5.41) is 0.139. The summed E-state index contributed by atoms with van der Waals surface area (Å²) < 4.78 is 28.2. The maximum Gasteiger partial charge on any atom is 0.193 e. The standard InChI is InChI=1S/C24H35NO3Si/c1-23(2,3)29(6,7)28-19-11-9-16-17-14-15-8-10-18(26-5)21-20(15)24(16,22(19)27-21)12-13-25(17)4/h8-11,16-17,19,22H,12-14H2,1-7H3/t16-,17+,19-,22-,24-/m0/s1/i8D. The molecule has 5 rings (SSSR count). The molecule has 0 amide bonds. The molecule has 2 heterocycles. The van der Waals surface area contributed by atoms with Gasteiger partial charge in [0.05, 0.1) is 8.48 Å². The molecule has 158 valence electrons. The summed E-state index contributed by atoms with van der Waals surface area (Å²) in [4.78, 5) is 2.48. The van der Waals surface area contributed by atoms with E-state index in [2.05, 4.69) is 58.0 Å². The van der Waals surface area contributed by atoms with Gasteiger partial charge >= 0.3 is 0 Å². The molecule has 2 bridgehead atoms. The maximum atomic E-state index is 8.74. The lowest BCUT2D eigenvalue weighted by Gasteiger charge is -2.57. The van der Waals surface area contributed by atoms with Gasteiger partial charge in [0.2, 0.25) is 0 Å². The normalized spacial score (nSPS) is 35.8. The van der Waals surface area contributed by atoms with Gasteiger partial charge in [0, 0.05) is 22.9 Å². The van der Waals surface area contributed by atoms with Crippen LogP contribution in [0.2, 0.25) is 18.1 Å². The maximum absolute atomic E-state index is 8.74. The Balaban J connectivity index is 1.68. The third kappa shape index (κ3) is 2.50. The average Bonchev–Trinajstić information content (AvgIpc) is 3.00. The van der Waals surface area contributed by atoms with Crippen LogP contribution in [0.4, 0.5) is 0 Å². The molecule has 1 aromatic carbocycles. The summed E-state index contributed by atoms with van der Waals surface area (Å²) in [5.74, 6) is 1.96. The molecule has 2 aliphatic heterocycles. The number of hydrogen-bond donors (Lipinski definition) is 0. The zero-order chi connectivity index (χ0) is 21.6. The summed E-state index contributed by atoms with van der Waals surface area (Å²) in [7, 11) is 1.94. The zero-order valence-corrected chi connectivity index (χ0v) is 19.8. The van der Waals surface area contributed by atoms with Crippen LogP contribution in [-0.4, -0.2) is 52.2 Å². The number of likely N-dealkylation sites (N-methyl/N-ethyl adjacent to an activating group) is 1. The molecule has 1 saturated heterocycles. The van der Waals surface area contributed by atoms with Crippen molar-refractivity contribution in [3.63, 3.8) is 0 Å². The molecule has 1 aromatic rings. The highest BCUT2D eigenvalue weighted by atomic mass is 28.4. The number of piperidine rings is 1. The Kier molecular flexibility index (Phi) is 3.89.